The maximum atomic E-state index is 4.33. The van der Waals surface area contributed by atoms with E-state index < -0.39 is 0 Å². The molecule has 0 aromatic carbocycles. The van der Waals surface area contributed by atoms with Crippen molar-refractivity contribution in [1.82, 2.24) is 9.97 Å². The molecule has 2 aromatic rings. The van der Waals surface area contributed by atoms with E-state index in [2.05, 4.69) is 32.0 Å². The van der Waals surface area contributed by atoms with Gasteiger partial charge in [0.15, 0.2) is 0 Å². The van der Waals surface area contributed by atoms with E-state index in [4.69, 9.17) is 0 Å². The molecule has 2 heterocycles. The molecule has 1 fully saturated rings. The van der Waals surface area contributed by atoms with Gasteiger partial charge in [0.1, 0.15) is 5.65 Å². The molecule has 3 heteroatoms. The Hall–Kier alpha value is -0.830. The summed E-state index contributed by atoms with van der Waals surface area (Å²) in [5, 5.41) is 1.27. The fourth-order valence-electron chi connectivity index (χ4n) is 1.86. The lowest BCUT2D eigenvalue weighted by molar-refractivity contribution is 0.834. The van der Waals surface area contributed by atoms with Crippen LogP contribution < -0.4 is 0 Å². The van der Waals surface area contributed by atoms with Gasteiger partial charge < -0.3 is 4.98 Å². The van der Waals surface area contributed by atoms with Gasteiger partial charge in [-0.1, -0.05) is 0 Å². The predicted molar refractivity (Wildman–Crippen MR) is 60.2 cm³/mol. The van der Waals surface area contributed by atoms with Gasteiger partial charge in [-0.2, -0.15) is 0 Å². The van der Waals surface area contributed by atoms with Gasteiger partial charge in [-0.15, -0.1) is 0 Å². The molecule has 0 aliphatic heterocycles. The lowest BCUT2D eigenvalue weighted by Crippen LogP contribution is -1.91. The molecule has 1 aliphatic carbocycles. The molecule has 3 rings (SSSR count). The van der Waals surface area contributed by atoms with Crippen molar-refractivity contribution in [2.24, 2.45) is 5.92 Å². The van der Waals surface area contributed by atoms with Crippen molar-refractivity contribution in [2.75, 3.05) is 0 Å². The third kappa shape index (κ3) is 1.36. The Balaban J connectivity index is 2.15. The SMILES string of the molecule is Brc1cnc2[nH]ccc2c1CC1CC1. The van der Waals surface area contributed by atoms with Crippen LogP contribution in [0.3, 0.4) is 0 Å². The van der Waals surface area contributed by atoms with Crippen molar-refractivity contribution in [2.45, 2.75) is 19.3 Å². The molecule has 1 saturated carbocycles. The highest BCUT2D eigenvalue weighted by Crippen LogP contribution is 2.36. The molecule has 0 amide bonds. The fourth-order valence-corrected chi connectivity index (χ4v) is 2.33. The predicted octanol–water partition coefficient (Wildman–Crippen LogP) is 3.28. The van der Waals surface area contributed by atoms with Crippen LogP contribution in [0.15, 0.2) is 22.9 Å². The van der Waals surface area contributed by atoms with Crippen LogP contribution in [0.1, 0.15) is 18.4 Å². The largest absolute Gasteiger partial charge is 0.346 e. The maximum Gasteiger partial charge on any atom is 0.137 e. The third-order valence-corrected chi connectivity index (χ3v) is 3.52. The monoisotopic (exact) mass is 250 g/mol. The minimum Gasteiger partial charge on any atom is -0.346 e. The van der Waals surface area contributed by atoms with Crippen molar-refractivity contribution >= 4 is 27.0 Å². The average molecular weight is 251 g/mol. The van der Waals surface area contributed by atoms with Gasteiger partial charge in [-0.3, -0.25) is 0 Å². The number of nitrogens with zero attached hydrogens (tertiary/aromatic N) is 1. The summed E-state index contributed by atoms with van der Waals surface area (Å²) < 4.78 is 1.15. The van der Waals surface area contributed by atoms with Crippen molar-refractivity contribution in [1.29, 1.82) is 0 Å². The molecule has 0 radical (unpaired) electrons. The highest BCUT2D eigenvalue weighted by atomic mass is 79.9. The molecule has 0 atom stereocenters. The van der Waals surface area contributed by atoms with Crippen molar-refractivity contribution in [3.8, 4) is 0 Å². The first-order chi connectivity index (χ1) is 6.84. The molecule has 0 spiro atoms. The van der Waals surface area contributed by atoms with Crippen molar-refractivity contribution in [3.63, 3.8) is 0 Å². The van der Waals surface area contributed by atoms with Crippen LogP contribution in [0.2, 0.25) is 0 Å². The zero-order valence-corrected chi connectivity index (χ0v) is 9.34. The van der Waals surface area contributed by atoms with E-state index in [-0.39, 0.29) is 0 Å². The number of rotatable bonds is 2. The first kappa shape index (κ1) is 8.48. The minimum absolute atomic E-state index is 0.909. The van der Waals surface area contributed by atoms with Crippen LogP contribution >= 0.6 is 15.9 Å². The second kappa shape index (κ2) is 3.09. The van der Waals surface area contributed by atoms with E-state index in [9.17, 15) is 0 Å². The molecule has 1 aliphatic rings. The first-order valence-electron chi connectivity index (χ1n) is 4.95. The molecule has 2 aromatic heterocycles. The fraction of sp³-hybridized carbons (Fsp3) is 0.364. The van der Waals surface area contributed by atoms with E-state index in [1.54, 1.807) is 0 Å². The van der Waals surface area contributed by atoms with Gasteiger partial charge in [0.2, 0.25) is 0 Å². The quantitative estimate of drug-likeness (QED) is 0.871. The van der Waals surface area contributed by atoms with Crippen molar-refractivity contribution < 1.29 is 0 Å². The van der Waals surface area contributed by atoms with Gasteiger partial charge in [0.05, 0.1) is 0 Å². The molecule has 1 N–H and O–H groups in total. The lowest BCUT2D eigenvalue weighted by Gasteiger charge is -2.04. The number of aromatic amines is 1. The zero-order chi connectivity index (χ0) is 9.54. The summed E-state index contributed by atoms with van der Waals surface area (Å²) in [5.74, 6) is 0.909. The van der Waals surface area contributed by atoms with Crippen molar-refractivity contribution in [3.05, 3.63) is 28.5 Å². The number of pyridine rings is 1. The normalized spacial score (nSPS) is 16.4. The van der Waals surface area contributed by atoms with Gasteiger partial charge in [0.25, 0.3) is 0 Å². The topological polar surface area (TPSA) is 28.7 Å². The van der Waals surface area contributed by atoms with E-state index in [0.717, 1.165) is 16.0 Å². The highest BCUT2D eigenvalue weighted by molar-refractivity contribution is 9.10. The number of hydrogen-bond donors (Lipinski definition) is 1. The Morgan fingerprint density at radius 1 is 1.50 bits per heavy atom. The Labute approximate surface area is 90.9 Å². The Kier molecular flexibility index (Phi) is 1.87. The van der Waals surface area contributed by atoms with E-state index in [1.807, 2.05) is 12.4 Å². The summed E-state index contributed by atoms with van der Waals surface area (Å²) in [5.41, 5.74) is 2.42. The van der Waals surface area contributed by atoms with E-state index >= 15 is 0 Å². The smallest absolute Gasteiger partial charge is 0.137 e. The number of aromatic nitrogens is 2. The number of hydrogen-bond acceptors (Lipinski definition) is 1. The third-order valence-electron chi connectivity index (χ3n) is 2.84. The van der Waals surface area contributed by atoms with E-state index in [0.29, 0.717) is 0 Å². The van der Waals surface area contributed by atoms with Crippen LogP contribution in [0.5, 0.6) is 0 Å². The van der Waals surface area contributed by atoms with Crippen LogP contribution in [-0.4, -0.2) is 9.97 Å². The van der Waals surface area contributed by atoms with Gasteiger partial charge in [-0.25, -0.2) is 4.98 Å². The summed E-state index contributed by atoms with van der Waals surface area (Å²) in [6.45, 7) is 0. The molecule has 14 heavy (non-hydrogen) atoms. The second-order valence-corrected chi connectivity index (χ2v) is 4.83. The number of fused-ring (bicyclic) bond motifs is 1. The molecule has 72 valence electrons. The van der Waals surface area contributed by atoms with Crippen LogP contribution in [0.4, 0.5) is 0 Å². The summed E-state index contributed by atoms with van der Waals surface area (Å²) in [7, 11) is 0. The Morgan fingerprint density at radius 2 is 2.36 bits per heavy atom. The van der Waals surface area contributed by atoms with Gasteiger partial charge in [-0.05, 0) is 52.7 Å². The maximum absolute atomic E-state index is 4.33. The number of nitrogens with one attached hydrogen (secondary N) is 1. The highest BCUT2D eigenvalue weighted by Gasteiger charge is 2.23. The number of H-pyrrole nitrogens is 1. The minimum atomic E-state index is 0.909. The molecular weight excluding hydrogens is 240 g/mol. The summed E-state index contributed by atoms with van der Waals surface area (Å²) in [4.78, 5) is 7.48. The first-order valence-corrected chi connectivity index (χ1v) is 5.74. The Bertz CT molecular complexity index is 471. The van der Waals surface area contributed by atoms with Gasteiger partial charge >= 0.3 is 0 Å². The lowest BCUT2D eigenvalue weighted by atomic mass is 10.1. The number of halogens is 1. The molecular formula is C11H11BrN2. The van der Waals surface area contributed by atoms with Crippen LogP contribution in [-0.2, 0) is 6.42 Å². The van der Waals surface area contributed by atoms with Crippen LogP contribution in [0, 0.1) is 5.92 Å². The standard InChI is InChI=1S/C11H11BrN2/c12-10-6-14-11-8(3-4-13-11)9(10)5-7-1-2-7/h3-4,6-7H,1-2,5H2,(H,13,14). The second-order valence-electron chi connectivity index (χ2n) is 3.97. The Morgan fingerprint density at radius 3 is 3.14 bits per heavy atom. The summed E-state index contributed by atoms with van der Waals surface area (Å²) in [6.07, 6.45) is 7.83. The molecule has 2 nitrogen and oxygen atoms in total. The molecule has 0 bridgehead atoms. The zero-order valence-electron chi connectivity index (χ0n) is 7.76. The molecule has 0 saturated heterocycles. The summed E-state index contributed by atoms with van der Waals surface area (Å²) in [6, 6.07) is 2.12. The van der Waals surface area contributed by atoms with E-state index in [1.165, 1.54) is 30.2 Å². The van der Waals surface area contributed by atoms with Crippen LogP contribution in [0.25, 0.3) is 11.0 Å². The summed E-state index contributed by atoms with van der Waals surface area (Å²) >= 11 is 3.58. The average Bonchev–Trinajstić information content (AvgIpc) is 2.86. The van der Waals surface area contributed by atoms with Gasteiger partial charge in [0, 0.05) is 22.3 Å². The molecule has 0 unspecified atom stereocenters.